The van der Waals surface area contributed by atoms with E-state index in [1.165, 1.54) is 6.92 Å². The molecule has 0 aromatic carbocycles. The molecule has 1 aromatic rings. The Morgan fingerprint density at radius 2 is 1.92 bits per heavy atom. The number of Topliss-reactive ketones (excluding diaryl/α,β-unsaturated/α-hetero) is 1. The Bertz CT molecular complexity index is 687. The van der Waals surface area contributed by atoms with Crippen LogP contribution in [0.15, 0.2) is 11.0 Å². The molecular weight excluding hydrogens is 343 g/mol. The highest BCUT2D eigenvalue weighted by Crippen LogP contribution is 2.28. The second kappa shape index (κ2) is 8.83. The van der Waals surface area contributed by atoms with Gasteiger partial charge < -0.3 is 14.9 Å². The fraction of sp³-hybridized carbons (Fsp3) is 0.722. The van der Waals surface area contributed by atoms with Crippen molar-refractivity contribution in [2.75, 3.05) is 0 Å². The minimum absolute atomic E-state index is 0.126. The van der Waals surface area contributed by atoms with Crippen LogP contribution in [0.1, 0.15) is 58.4 Å². The van der Waals surface area contributed by atoms with E-state index >= 15 is 0 Å². The zero-order valence-electron chi connectivity index (χ0n) is 15.4. The van der Waals surface area contributed by atoms with Gasteiger partial charge in [0.05, 0.1) is 18.2 Å². The van der Waals surface area contributed by atoms with Gasteiger partial charge in [-0.05, 0) is 19.8 Å². The molecule has 2 N–H and O–H groups in total. The number of carbonyl (C=O) groups excluding carboxylic acids is 1. The first-order valence-electron chi connectivity index (χ1n) is 9.11. The largest absolute Gasteiger partial charge is 0.388 e. The summed E-state index contributed by atoms with van der Waals surface area (Å²) in [6.07, 6.45) is -0.661. The summed E-state index contributed by atoms with van der Waals surface area (Å²) in [5.41, 5.74) is -1.03. The lowest BCUT2D eigenvalue weighted by Gasteiger charge is -2.18. The molecular formula is C18H27FN2O5. The molecule has 1 aromatic heterocycles. The lowest BCUT2D eigenvalue weighted by atomic mass is 9.91. The number of ether oxygens (including phenoxy) is 1. The van der Waals surface area contributed by atoms with E-state index in [4.69, 9.17) is 4.74 Å². The van der Waals surface area contributed by atoms with Gasteiger partial charge in [-0.2, -0.15) is 4.98 Å². The topological polar surface area (TPSA) is 102 Å². The average molecular weight is 370 g/mol. The van der Waals surface area contributed by atoms with Gasteiger partial charge in [0.25, 0.3) is 0 Å². The Hall–Kier alpha value is -1.64. The van der Waals surface area contributed by atoms with E-state index in [0.717, 1.165) is 36.4 Å². The zero-order valence-corrected chi connectivity index (χ0v) is 15.4. The number of hydrogen-bond donors (Lipinski definition) is 2. The first-order chi connectivity index (χ1) is 12.3. The summed E-state index contributed by atoms with van der Waals surface area (Å²) in [6, 6.07) is 0. The van der Waals surface area contributed by atoms with Crippen molar-refractivity contribution in [3.05, 3.63) is 28.2 Å². The van der Waals surface area contributed by atoms with Crippen LogP contribution in [0.2, 0.25) is 0 Å². The Morgan fingerprint density at radius 1 is 1.31 bits per heavy atom. The third-order valence-electron chi connectivity index (χ3n) is 4.80. The van der Waals surface area contributed by atoms with Gasteiger partial charge in [-0.25, -0.2) is 9.18 Å². The summed E-state index contributed by atoms with van der Waals surface area (Å²) in [7, 11) is 0. The van der Waals surface area contributed by atoms with Crippen molar-refractivity contribution in [1.82, 2.24) is 9.55 Å². The van der Waals surface area contributed by atoms with E-state index < -0.39 is 36.0 Å². The number of carbonyl (C=O) groups is 1. The molecule has 1 aliphatic rings. The van der Waals surface area contributed by atoms with Crippen LogP contribution >= 0.6 is 0 Å². The third kappa shape index (κ3) is 4.36. The fourth-order valence-electron chi connectivity index (χ4n) is 3.31. The van der Waals surface area contributed by atoms with Gasteiger partial charge in [0, 0.05) is 12.1 Å². The number of halogens is 1. The van der Waals surface area contributed by atoms with Crippen molar-refractivity contribution in [2.24, 2.45) is 5.92 Å². The van der Waals surface area contributed by atoms with E-state index in [-0.39, 0.29) is 23.8 Å². The van der Waals surface area contributed by atoms with Crippen LogP contribution in [0, 0.1) is 11.7 Å². The SMILES string of the molecule is CCCC(CCC)C(=O)Cc1nc(=O)n([C@@H]2O[C@H](C)[C@@H](O)[C@H]2O)cc1F. The van der Waals surface area contributed by atoms with Crippen LogP contribution in [0.3, 0.4) is 0 Å². The summed E-state index contributed by atoms with van der Waals surface area (Å²) >= 11 is 0. The zero-order chi connectivity index (χ0) is 19.4. The summed E-state index contributed by atoms with van der Waals surface area (Å²) in [6.45, 7) is 5.51. The number of nitrogens with zero attached hydrogens (tertiary/aromatic N) is 2. The predicted octanol–water partition coefficient (Wildman–Crippen LogP) is 1.35. The van der Waals surface area contributed by atoms with Crippen LogP contribution in [0.25, 0.3) is 0 Å². The Balaban J connectivity index is 2.22. The molecule has 146 valence electrons. The molecule has 8 heteroatoms. The molecule has 4 atom stereocenters. The Kier molecular flexibility index (Phi) is 7.02. The average Bonchev–Trinajstić information content (AvgIpc) is 2.85. The highest BCUT2D eigenvalue weighted by Gasteiger charge is 2.42. The van der Waals surface area contributed by atoms with Gasteiger partial charge in [-0.3, -0.25) is 9.36 Å². The maximum absolute atomic E-state index is 14.4. The van der Waals surface area contributed by atoms with Crippen molar-refractivity contribution >= 4 is 5.78 Å². The standard InChI is InChI=1S/C18H27FN2O5/c1-4-6-11(7-5-2)14(22)8-13-12(19)9-21(18(25)20-13)17-16(24)15(23)10(3)26-17/h9-11,15-17,23-24H,4-8H2,1-3H3/t10-,15-,16-,17-/m1/s1. The van der Waals surface area contributed by atoms with E-state index in [0.29, 0.717) is 0 Å². The van der Waals surface area contributed by atoms with Crippen LogP contribution in [0.4, 0.5) is 4.39 Å². The van der Waals surface area contributed by atoms with Gasteiger partial charge in [-0.1, -0.05) is 26.7 Å². The van der Waals surface area contributed by atoms with E-state index in [1.807, 2.05) is 13.8 Å². The quantitative estimate of drug-likeness (QED) is 0.716. The third-order valence-corrected chi connectivity index (χ3v) is 4.80. The maximum atomic E-state index is 14.4. The predicted molar refractivity (Wildman–Crippen MR) is 92.1 cm³/mol. The number of hydrogen-bond acceptors (Lipinski definition) is 6. The van der Waals surface area contributed by atoms with Gasteiger partial charge in [-0.15, -0.1) is 0 Å². The lowest BCUT2D eigenvalue weighted by Crippen LogP contribution is -2.36. The van der Waals surface area contributed by atoms with Crippen molar-refractivity contribution in [3.8, 4) is 0 Å². The van der Waals surface area contributed by atoms with Crippen LogP contribution in [0.5, 0.6) is 0 Å². The summed E-state index contributed by atoms with van der Waals surface area (Å²) in [5.74, 6) is -1.10. The van der Waals surface area contributed by atoms with Gasteiger partial charge in [0.1, 0.15) is 18.0 Å². The van der Waals surface area contributed by atoms with Crippen molar-refractivity contribution in [3.63, 3.8) is 0 Å². The monoisotopic (exact) mass is 370 g/mol. The van der Waals surface area contributed by atoms with Crippen molar-refractivity contribution < 1.29 is 24.1 Å². The smallest absolute Gasteiger partial charge is 0.350 e. The van der Waals surface area contributed by atoms with Crippen LogP contribution in [-0.2, 0) is 16.0 Å². The molecule has 1 aliphatic heterocycles. The summed E-state index contributed by atoms with van der Waals surface area (Å²) in [4.78, 5) is 28.3. The molecule has 0 bridgehead atoms. The van der Waals surface area contributed by atoms with E-state index in [9.17, 15) is 24.2 Å². The van der Waals surface area contributed by atoms with Gasteiger partial charge >= 0.3 is 5.69 Å². The second-order valence-electron chi connectivity index (χ2n) is 6.86. The molecule has 2 rings (SSSR count). The number of rotatable bonds is 8. The Labute approximate surface area is 151 Å². The van der Waals surface area contributed by atoms with Crippen LogP contribution in [-0.4, -0.2) is 43.9 Å². The highest BCUT2D eigenvalue weighted by atomic mass is 19.1. The number of aliphatic hydroxyl groups excluding tert-OH is 2. The first-order valence-corrected chi connectivity index (χ1v) is 9.11. The lowest BCUT2D eigenvalue weighted by molar-refractivity contribution is -0.122. The molecule has 0 unspecified atom stereocenters. The number of ketones is 1. The molecule has 7 nitrogen and oxygen atoms in total. The minimum Gasteiger partial charge on any atom is -0.388 e. The maximum Gasteiger partial charge on any atom is 0.350 e. The van der Waals surface area contributed by atoms with Crippen LogP contribution < -0.4 is 5.69 Å². The van der Waals surface area contributed by atoms with E-state index in [1.54, 1.807) is 0 Å². The second-order valence-corrected chi connectivity index (χ2v) is 6.86. The molecule has 1 saturated heterocycles. The van der Waals surface area contributed by atoms with E-state index in [2.05, 4.69) is 4.98 Å². The normalized spacial score (nSPS) is 25.8. The molecule has 0 amide bonds. The molecule has 0 radical (unpaired) electrons. The minimum atomic E-state index is -1.37. The first kappa shape index (κ1) is 20.7. The fourth-order valence-corrected chi connectivity index (χ4v) is 3.31. The van der Waals surface area contributed by atoms with Crippen molar-refractivity contribution in [2.45, 2.75) is 77.4 Å². The Morgan fingerprint density at radius 3 is 2.42 bits per heavy atom. The summed E-state index contributed by atoms with van der Waals surface area (Å²) < 4.78 is 20.6. The number of aromatic nitrogens is 2. The molecule has 0 saturated carbocycles. The summed E-state index contributed by atoms with van der Waals surface area (Å²) in [5, 5.41) is 19.7. The highest BCUT2D eigenvalue weighted by molar-refractivity contribution is 5.82. The molecule has 0 spiro atoms. The number of aliphatic hydroxyl groups is 2. The molecule has 1 fully saturated rings. The van der Waals surface area contributed by atoms with Crippen molar-refractivity contribution in [1.29, 1.82) is 0 Å². The molecule has 2 heterocycles. The van der Waals surface area contributed by atoms with Gasteiger partial charge in [0.15, 0.2) is 12.0 Å². The molecule has 26 heavy (non-hydrogen) atoms. The van der Waals surface area contributed by atoms with Gasteiger partial charge in [0.2, 0.25) is 0 Å². The molecule has 0 aliphatic carbocycles.